The van der Waals surface area contributed by atoms with Gasteiger partial charge in [0, 0.05) is 11.1 Å². The monoisotopic (exact) mass is 370 g/mol. The van der Waals surface area contributed by atoms with Crippen molar-refractivity contribution in [2.24, 2.45) is 5.10 Å². The number of fused-ring (bicyclic) bond motifs is 1. The summed E-state index contributed by atoms with van der Waals surface area (Å²) < 4.78 is 5.25. The highest BCUT2D eigenvalue weighted by Gasteiger charge is 2.12. The molecule has 0 saturated heterocycles. The Morgan fingerprint density at radius 2 is 1.86 bits per heavy atom. The summed E-state index contributed by atoms with van der Waals surface area (Å²) in [5, 5.41) is 13.3. The summed E-state index contributed by atoms with van der Waals surface area (Å²) in [4.78, 5) is 12.4. The predicted octanol–water partition coefficient (Wildman–Crippen LogP) is 4.00. The molecule has 0 fully saturated rings. The zero-order valence-electron chi connectivity index (χ0n) is 15.2. The van der Waals surface area contributed by atoms with Crippen molar-refractivity contribution in [3.63, 3.8) is 0 Å². The quantitative estimate of drug-likeness (QED) is 0.412. The Morgan fingerprint density at radius 1 is 1.07 bits per heavy atom. The molecular formula is C22H18N4O2. The number of aromatic amines is 1. The van der Waals surface area contributed by atoms with E-state index in [0.29, 0.717) is 17.1 Å². The van der Waals surface area contributed by atoms with E-state index < -0.39 is 0 Å². The van der Waals surface area contributed by atoms with E-state index in [4.69, 9.17) is 4.74 Å². The molecule has 0 radical (unpaired) electrons. The highest BCUT2D eigenvalue weighted by Crippen LogP contribution is 2.27. The number of amides is 1. The first kappa shape index (κ1) is 17.5. The Bertz CT molecular complexity index is 1160. The van der Waals surface area contributed by atoms with Gasteiger partial charge in [-0.25, -0.2) is 5.43 Å². The summed E-state index contributed by atoms with van der Waals surface area (Å²) in [5.74, 6) is 0.311. The molecule has 0 unspecified atom stereocenters. The first-order valence-electron chi connectivity index (χ1n) is 8.76. The molecule has 1 amide bonds. The fraction of sp³-hybridized carbons (Fsp3) is 0.0455. The van der Waals surface area contributed by atoms with E-state index in [2.05, 4.69) is 20.7 Å². The number of rotatable bonds is 5. The number of hydrogen-bond acceptors (Lipinski definition) is 4. The Hall–Kier alpha value is -3.93. The summed E-state index contributed by atoms with van der Waals surface area (Å²) in [6.07, 6.45) is 1.54. The molecule has 2 N–H and O–H groups in total. The number of hydrazone groups is 1. The molecule has 138 valence electrons. The number of ether oxygens (including phenoxy) is 1. The minimum absolute atomic E-state index is 0.333. The Balaban J connectivity index is 1.52. The maximum Gasteiger partial charge on any atom is 0.289 e. The summed E-state index contributed by atoms with van der Waals surface area (Å²) in [6.45, 7) is 0. The van der Waals surface area contributed by atoms with Crippen LogP contribution in [0.4, 0.5) is 0 Å². The van der Waals surface area contributed by atoms with E-state index in [9.17, 15) is 4.79 Å². The number of aromatic nitrogens is 2. The molecule has 0 aliphatic rings. The van der Waals surface area contributed by atoms with Crippen molar-refractivity contribution >= 4 is 22.9 Å². The normalized spacial score (nSPS) is 11.0. The first-order chi connectivity index (χ1) is 13.8. The van der Waals surface area contributed by atoms with E-state index in [1.807, 2.05) is 66.7 Å². The molecule has 28 heavy (non-hydrogen) atoms. The van der Waals surface area contributed by atoms with Crippen molar-refractivity contribution in [1.82, 2.24) is 15.6 Å². The van der Waals surface area contributed by atoms with Crippen LogP contribution in [0.5, 0.6) is 5.75 Å². The molecule has 6 heteroatoms. The van der Waals surface area contributed by atoms with Crippen LogP contribution in [0.3, 0.4) is 0 Å². The number of hydrogen-bond donors (Lipinski definition) is 2. The van der Waals surface area contributed by atoms with Crippen molar-refractivity contribution in [3.8, 4) is 17.0 Å². The maximum atomic E-state index is 12.4. The highest BCUT2D eigenvalue weighted by atomic mass is 16.5. The number of carbonyl (C=O) groups excluding carboxylic acids is 1. The molecule has 1 heterocycles. The topological polar surface area (TPSA) is 79.4 Å². The zero-order chi connectivity index (χ0) is 19.3. The number of benzene rings is 3. The van der Waals surface area contributed by atoms with Gasteiger partial charge in [0.2, 0.25) is 0 Å². The van der Waals surface area contributed by atoms with Crippen LogP contribution in [0, 0.1) is 0 Å². The average molecular weight is 370 g/mol. The number of H-pyrrole nitrogens is 1. The molecule has 0 spiro atoms. The number of nitrogens with one attached hydrogen (secondary N) is 2. The lowest BCUT2D eigenvalue weighted by Crippen LogP contribution is -2.18. The van der Waals surface area contributed by atoms with E-state index in [0.717, 1.165) is 21.9 Å². The number of nitrogens with zero attached hydrogens (tertiary/aromatic N) is 2. The van der Waals surface area contributed by atoms with Gasteiger partial charge in [-0.3, -0.25) is 9.89 Å². The van der Waals surface area contributed by atoms with E-state index in [1.165, 1.54) is 0 Å². The van der Waals surface area contributed by atoms with Crippen LogP contribution >= 0.6 is 0 Å². The lowest BCUT2D eigenvalue weighted by atomic mass is 10.0. The third kappa shape index (κ3) is 3.48. The average Bonchev–Trinajstić information content (AvgIpc) is 3.24. The summed E-state index contributed by atoms with van der Waals surface area (Å²) in [5.41, 5.74) is 5.28. The smallest absolute Gasteiger partial charge is 0.289 e. The molecule has 1 aromatic heterocycles. The molecule has 0 saturated carbocycles. The van der Waals surface area contributed by atoms with Gasteiger partial charge in [0.05, 0.1) is 19.0 Å². The minimum Gasteiger partial charge on any atom is -0.496 e. The van der Waals surface area contributed by atoms with Gasteiger partial charge >= 0.3 is 0 Å². The van der Waals surface area contributed by atoms with Gasteiger partial charge in [-0.15, -0.1) is 0 Å². The molecule has 6 nitrogen and oxygen atoms in total. The fourth-order valence-corrected chi connectivity index (χ4v) is 3.02. The third-order valence-corrected chi connectivity index (χ3v) is 4.40. The summed E-state index contributed by atoms with van der Waals surface area (Å²) >= 11 is 0. The third-order valence-electron chi connectivity index (χ3n) is 4.40. The van der Waals surface area contributed by atoms with Gasteiger partial charge in [-0.1, -0.05) is 54.6 Å². The largest absolute Gasteiger partial charge is 0.496 e. The molecule has 3 aromatic carbocycles. The van der Waals surface area contributed by atoms with Crippen LogP contribution in [-0.4, -0.2) is 29.4 Å². The van der Waals surface area contributed by atoms with Crippen molar-refractivity contribution in [2.45, 2.75) is 0 Å². The lowest BCUT2D eigenvalue weighted by molar-refractivity contribution is 0.0950. The zero-order valence-corrected chi connectivity index (χ0v) is 15.2. The molecular weight excluding hydrogens is 352 g/mol. The van der Waals surface area contributed by atoms with Crippen molar-refractivity contribution < 1.29 is 9.53 Å². The van der Waals surface area contributed by atoms with Crippen LogP contribution in [0.1, 0.15) is 16.1 Å². The van der Waals surface area contributed by atoms with Gasteiger partial charge in [-0.2, -0.15) is 10.2 Å². The van der Waals surface area contributed by atoms with Crippen LogP contribution in [0.2, 0.25) is 0 Å². The SMILES string of the molecule is COc1ccccc1/C=N\NC(=O)c1cc(-c2cccc3ccccc23)n[nH]1. The molecule has 4 rings (SSSR count). The van der Waals surface area contributed by atoms with Crippen LogP contribution in [0.15, 0.2) is 77.9 Å². The van der Waals surface area contributed by atoms with Crippen LogP contribution in [0.25, 0.3) is 22.0 Å². The van der Waals surface area contributed by atoms with Crippen LogP contribution in [-0.2, 0) is 0 Å². The van der Waals surface area contributed by atoms with E-state index in [-0.39, 0.29) is 5.91 Å². The van der Waals surface area contributed by atoms with Gasteiger partial charge < -0.3 is 4.74 Å². The van der Waals surface area contributed by atoms with Crippen molar-refractivity contribution in [1.29, 1.82) is 0 Å². The summed E-state index contributed by atoms with van der Waals surface area (Å²) in [7, 11) is 1.59. The lowest BCUT2D eigenvalue weighted by Gasteiger charge is -2.03. The Kier molecular flexibility index (Phi) is 4.84. The molecule has 0 aliphatic heterocycles. The maximum absolute atomic E-state index is 12.4. The second kappa shape index (κ2) is 7.75. The number of carbonyl (C=O) groups is 1. The van der Waals surface area contributed by atoms with Gasteiger partial charge in [0.1, 0.15) is 11.4 Å². The fourth-order valence-electron chi connectivity index (χ4n) is 3.02. The first-order valence-corrected chi connectivity index (χ1v) is 8.76. The second-order valence-electron chi connectivity index (χ2n) is 6.13. The standard InChI is InChI=1S/C22H18N4O2/c1-28-21-12-5-3-8-16(21)14-23-26-22(27)20-13-19(24-25-20)18-11-6-9-15-7-2-4-10-17(15)18/h2-14H,1H3,(H,24,25)(H,26,27)/b23-14-. The number of methoxy groups -OCH3 is 1. The Morgan fingerprint density at radius 3 is 2.75 bits per heavy atom. The van der Waals surface area contributed by atoms with Gasteiger partial charge in [0.25, 0.3) is 5.91 Å². The highest BCUT2D eigenvalue weighted by molar-refractivity contribution is 5.98. The van der Waals surface area contributed by atoms with Crippen molar-refractivity contribution in [3.05, 3.63) is 84.1 Å². The number of para-hydroxylation sites is 1. The summed E-state index contributed by atoms with van der Waals surface area (Å²) in [6, 6.07) is 23.2. The molecule has 0 aliphatic carbocycles. The minimum atomic E-state index is -0.370. The predicted molar refractivity (Wildman–Crippen MR) is 110 cm³/mol. The Labute approximate surface area is 161 Å². The molecule has 0 atom stereocenters. The molecule has 0 bridgehead atoms. The molecule has 4 aromatic rings. The van der Waals surface area contributed by atoms with Gasteiger partial charge in [-0.05, 0) is 29.0 Å². The second-order valence-corrected chi connectivity index (χ2v) is 6.13. The van der Waals surface area contributed by atoms with Crippen LogP contribution < -0.4 is 10.2 Å². The van der Waals surface area contributed by atoms with E-state index in [1.54, 1.807) is 19.4 Å². The van der Waals surface area contributed by atoms with Gasteiger partial charge in [0.15, 0.2) is 0 Å². The van der Waals surface area contributed by atoms with Crippen molar-refractivity contribution in [2.75, 3.05) is 7.11 Å². The van der Waals surface area contributed by atoms with E-state index >= 15 is 0 Å².